The molecule has 0 radical (unpaired) electrons. The number of ketones is 1. The van der Waals surface area contributed by atoms with Crippen LogP contribution in [0.2, 0.25) is 0 Å². The Balaban J connectivity index is 1.73. The SMILES string of the molecule is C[C@H]1C=C2CCCC[C@]23Oc2ccc(Br)cc2[C@H]1[C@@H]3C(=O)c1ccccc1. The topological polar surface area (TPSA) is 26.3 Å². The minimum absolute atomic E-state index is 0.154. The molecule has 1 aliphatic heterocycles. The van der Waals surface area contributed by atoms with Crippen molar-refractivity contribution in [2.24, 2.45) is 11.8 Å². The van der Waals surface area contributed by atoms with Crippen LogP contribution in [0.5, 0.6) is 5.75 Å². The third-order valence-corrected chi connectivity index (χ3v) is 7.14. The molecule has 2 nitrogen and oxygen atoms in total. The summed E-state index contributed by atoms with van der Waals surface area (Å²) in [6.07, 6.45) is 6.68. The van der Waals surface area contributed by atoms with Crippen molar-refractivity contribution in [3.63, 3.8) is 0 Å². The van der Waals surface area contributed by atoms with Crippen molar-refractivity contribution >= 4 is 21.7 Å². The van der Waals surface area contributed by atoms with Crippen LogP contribution in [0.25, 0.3) is 0 Å². The molecule has 0 amide bonds. The Hall–Kier alpha value is -1.87. The molecule has 2 bridgehead atoms. The average molecular weight is 423 g/mol. The zero-order valence-electron chi connectivity index (χ0n) is 15.5. The average Bonchev–Trinajstić information content (AvgIpc) is 2.69. The van der Waals surface area contributed by atoms with E-state index >= 15 is 0 Å². The van der Waals surface area contributed by atoms with Gasteiger partial charge in [0.05, 0.1) is 5.92 Å². The second-order valence-corrected chi connectivity index (χ2v) is 9.08. The Morgan fingerprint density at radius 2 is 1.96 bits per heavy atom. The number of hydrogen-bond donors (Lipinski definition) is 0. The van der Waals surface area contributed by atoms with Gasteiger partial charge in [0.2, 0.25) is 0 Å². The number of hydrogen-bond acceptors (Lipinski definition) is 2. The zero-order valence-corrected chi connectivity index (χ0v) is 17.0. The highest BCUT2D eigenvalue weighted by atomic mass is 79.9. The molecule has 27 heavy (non-hydrogen) atoms. The van der Waals surface area contributed by atoms with Gasteiger partial charge in [0, 0.05) is 16.0 Å². The van der Waals surface area contributed by atoms with Crippen molar-refractivity contribution in [2.75, 3.05) is 0 Å². The number of allylic oxidation sites excluding steroid dienone is 1. The van der Waals surface area contributed by atoms with E-state index in [1.807, 2.05) is 36.4 Å². The summed E-state index contributed by atoms with van der Waals surface area (Å²) in [5.41, 5.74) is 2.84. The lowest BCUT2D eigenvalue weighted by Crippen LogP contribution is -2.58. The largest absolute Gasteiger partial charge is 0.482 e. The van der Waals surface area contributed by atoms with E-state index in [9.17, 15) is 4.79 Å². The van der Waals surface area contributed by atoms with Crippen molar-refractivity contribution in [1.82, 2.24) is 0 Å². The van der Waals surface area contributed by atoms with E-state index < -0.39 is 5.60 Å². The molecular weight excluding hydrogens is 400 g/mol. The normalized spacial score (nSPS) is 31.2. The van der Waals surface area contributed by atoms with Crippen LogP contribution in [-0.2, 0) is 0 Å². The Labute approximate surface area is 168 Å². The van der Waals surface area contributed by atoms with Gasteiger partial charge in [-0.1, -0.05) is 59.3 Å². The molecule has 0 unspecified atom stereocenters. The smallest absolute Gasteiger partial charge is 0.170 e. The van der Waals surface area contributed by atoms with Gasteiger partial charge in [-0.15, -0.1) is 0 Å². The highest BCUT2D eigenvalue weighted by Crippen LogP contribution is 2.59. The lowest BCUT2D eigenvalue weighted by Gasteiger charge is -2.55. The van der Waals surface area contributed by atoms with Crippen LogP contribution in [-0.4, -0.2) is 11.4 Å². The molecule has 2 aliphatic carbocycles. The molecule has 3 heteroatoms. The van der Waals surface area contributed by atoms with Crippen LogP contribution in [0.3, 0.4) is 0 Å². The van der Waals surface area contributed by atoms with E-state index in [-0.39, 0.29) is 17.6 Å². The summed E-state index contributed by atoms with van der Waals surface area (Å²) in [5, 5.41) is 0. The van der Waals surface area contributed by atoms with E-state index in [1.54, 1.807) is 0 Å². The molecule has 1 saturated carbocycles. The van der Waals surface area contributed by atoms with E-state index in [0.29, 0.717) is 5.92 Å². The van der Waals surface area contributed by atoms with Crippen molar-refractivity contribution in [3.05, 3.63) is 75.8 Å². The van der Waals surface area contributed by atoms with Gasteiger partial charge < -0.3 is 4.74 Å². The van der Waals surface area contributed by atoms with E-state index in [1.165, 1.54) is 12.0 Å². The first kappa shape index (κ1) is 17.2. The Morgan fingerprint density at radius 3 is 2.78 bits per heavy atom. The number of ether oxygens (including phenoxy) is 1. The minimum Gasteiger partial charge on any atom is -0.482 e. The molecule has 0 aromatic heterocycles. The molecular formula is C24H23BrO2. The molecule has 1 spiro atoms. The van der Waals surface area contributed by atoms with Gasteiger partial charge in [-0.2, -0.15) is 0 Å². The number of Topliss-reactive ketones (excluding diaryl/α,β-unsaturated/α-hetero) is 1. The number of benzene rings is 2. The highest BCUT2D eigenvalue weighted by Gasteiger charge is 2.59. The van der Waals surface area contributed by atoms with Crippen LogP contribution < -0.4 is 4.74 Å². The number of halogens is 1. The Kier molecular flexibility index (Phi) is 4.05. The fourth-order valence-electron chi connectivity index (χ4n) is 5.54. The monoisotopic (exact) mass is 422 g/mol. The fraction of sp³-hybridized carbons (Fsp3) is 0.375. The van der Waals surface area contributed by atoms with E-state index in [2.05, 4.69) is 41.1 Å². The molecule has 0 N–H and O–H groups in total. The molecule has 4 atom stereocenters. The number of rotatable bonds is 2. The fourth-order valence-corrected chi connectivity index (χ4v) is 5.92. The first-order valence-electron chi connectivity index (χ1n) is 9.89. The summed E-state index contributed by atoms with van der Waals surface area (Å²) < 4.78 is 7.78. The van der Waals surface area contributed by atoms with Gasteiger partial charge in [-0.3, -0.25) is 4.79 Å². The van der Waals surface area contributed by atoms with Crippen LogP contribution in [0.15, 0.2) is 64.7 Å². The Bertz CT molecular complexity index is 933. The van der Waals surface area contributed by atoms with Gasteiger partial charge in [0.15, 0.2) is 5.78 Å². The van der Waals surface area contributed by atoms with Gasteiger partial charge in [-0.05, 0) is 60.9 Å². The predicted octanol–water partition coefficient (Wildman–Crippen LogP) is 6.31. The van der Waals surface area contributed by atoms with E-state index in [0.717, 1.165) is 40.6 Å². The van der Waals surface area contributed by atoms with Crippen LogP contribution in [0, 0.1) is 11.8 Å². The molecule has 138 valence electrons. The predicted molar refractivity (Wildman–Crippen MR) is 110 cm³/mol. The second kappa shape index (κ2) is 6.34. The molecule has 2 aromatic carbocycles. The Morgan fingerprint density at radius 1 is 1.15 bits per heavy atom. The summed E-state index contributed by atoms with van der Waals surface area (Å²) in [6, 6.07) is 16.0. The maximum atomic E-state index is 13.8. The van der Waals surface area contributed by atoms with Gasteiger partial charge in [0.1, 0.15) is 11.4 Å². The maximum absolute atomic E-state index is 13.8. The first-order valence-corrected chi connectivity index (χ1v) is 10.7. The molecule has 5 rings (SSSR count). The molecule has 3 aliphatic rings. The quantitative estimate of drug-likeness (QED) is 0.418. The van der Waals surface area contributed by atoms with Crippen molar-refractivity contribution < 1.29 is 9.53 Å². The van der Waals surface area contributed by atoms with Crippen LogP contribution in [0.4, 0.5) is 0 Å². The zero-order chi connectivity index (χ0) is 18.6. The molecule has 2 aromatic rings. The number of carbonyl (C=O) groups is 1. The highest BCUT2D eigenvalue weighted by molar-refractivity contribution is 9.10. The lowest BCUT2D eigenvalue weighted by molar-refractivity contribution is -0.0168. The number of carbonyl (C=O) groups excluding carboxylic acids is 1. The summed E-state index contributed by atoms with van der Waals surface area (Å²) >= 11 is 3.61. The summed E-state index contributed by atoms with van der Waals surface area (Å²) in [5.74, 6) is 1.50. The minimum atomic E-state index is -0.469. The standard InChI is InChI=1S/C24H23BrO2/c1-15-13-17-9-5-6-12-24(17)22(23(26)16-7-3-2-4-8-16)21(15)19-14-18(25)10-11-20(19)27-24/h2-4,7-8,10-11,13-15,21-22H,5-6,9,12H2,1H3/t15-,21-,22+,24-/m0/s1. The van der Waals surface area contributed by atoms with Gasteiger partial charge in [0.25, 0.3) is 0 Å². The third kappa shape index (κ3) is 2.55. The van der Waals surface area contributed by atoms with Crippen molar-refractivity contribution in [2.45, 2.75) is 44.1 Å². The van der Waals surface area contributed by atoms with Crippen LogP contribution in [0.1, 0.15) is 54.4 Å². The first-order chi connectivity index (χ1) is 13.1. The molecule has 1 heterocycles. The summed E-state index contributed by atoms with van der Waals surface area (Å²) in [4.78, 5) is 13.8. The second-order valence-electron chi connectivity index (χ2n) is 8.17. The van der Waals surface area contributed by atoms with Gasteiger partial charge in [-0.25, -0.2) is 0 Å². The third-order valence-electron chi connectivity index (χ3n) is 6.64. The summed E-state index contributed by atoms with van der Waals surface area (Å²) in [6.45, 7) is 2.26. The van der Waals surface area contributed by atoms with Crippen molar-refractivity contribution in [1.29, 1.82) is 0 Å². The van der Waals surface area contributed by atoms with Crippen LogP contribution >= 0.6 is 15.9 Å². The molecule has 1 fully saturated rings. The number of fused-ring (bicyclic) bond motifs is 3. The lowest BCUT2D eigenvalue weighted by atomic mass is 9.56. The van der Waals surface area contributed by atoms with Crippen molar-refractivity contribution in [3.8, 4) is 5.75 Å². The molecule has 0 saturated heterocycles. The maximum Gasteiger partial charge on any atom is 0.170 e. The van der Waals surface area contributed by atoms with Gasteiger partial charge >= 0.3 is 0 Å². The van der Waals surface area contributed by atoms with E-state index in [4.69, 9.17) is 4.74 Å². The summed E-state index contributed by atoms with van der Waals surface area (Å²) in [7, 11) is 0.